The van der Waals surface area contributed by atoms with Gasteiger partial charge in [-0.15, -0.1) is 0 Å². The zero-order chi connectivity index (χ0) is 12.7. The first-order valence-electron chi connectivity index (χ1n) is 5.92. The van der Waals surface area contributed by atoms with Crippen LogP contribution in [0.3, 0.4) is 0 Å². The van der Waals surface area contributed by atoms with Crippen molar-refractivity contribution in [1.82, 2.24) is 4.90 Å². The monoisotopic (exact) mass is 251 g/mol. The standard InChI is InChI=1S/C14H21NOS/c1-12(11-17-3)15(2)10-9-14(16)13-7-5-4-6-8-13/h4-8,12H,9-11H2,1-3H3. The van der Waals surface area contributed by atoms with E-state index in [4.69, 9.17) is 0 Å². The molecule has 3 heteroatoms. The van der Waals surface area contributed by atoms with E-state index in [0.717, 1.165) is 17.9 Å². The Hall–Kier alpha value is -0.800. The van der Waals surface area contributed by atoms with E-state index in [2.05, 4.69) is 25.1 Å². The minimum atomic E-state index is 0.230. The molecule has 0 saturated heterocycles. The fourth-order valence-electron chi connectivity index (χ4n) is 1.64. The average Bonchev–Trinajstić information content (AvgIpc) is 2.36. The quantitative estimate of drug-likeness (QED) is 0.695. The molecule has 0 N–H and O–H groups in total. The second-order valence-electron chi connectivity index (χ2n) is 4.32. The van der Waals surface area contributed by atoms with E-state index in [1.165, 1.54) is 0 Å². The highest BCUT2D eigenvalue weighted by molar-refractivity contribution is 7.98. The second kappa shape index (κ2) is 7.51. The average molecular weight is 251 g/mol. The van der Waals surface area contributed by atoms with Crippen LogP contribution in [0.5, 0.6) is 0 Å². The highest BCUT2D eigenvalue weighted by atomic mass is 32.2. The molecule has 94 valence electrons. The number of Topliss-reactive ketones (excluding diaryl/α,β-unsaturated/α-hetero) is 1. The van der Waals surface area contributed by atoms with Crippen molar-refractivity contribution >= 4 is 17.5 Å². The lowest BCUT2D eigenvalue weighted by Gasteiger charge is -2.23. The van der Waals surface area contributed by atoms with Crippen molar-refractivity contribution < 1.29 is 4.79 Å². The Labute approximate surface area is 108 Å². The second-order valence-corrected chi connectivity index (χ2v) is 5.23. The van der Waals surface area contributed by atoms with E-state index in [9.17, 15) is 4.79 Å². The van der Waals surface area contributed by atoms with Gasteiger partial charge in [-0.2, -0.15) is 11.8 Å². The molecule has 0 heterocycles. The molecule has 0 saturated carbocycles. The van der Waals surface area contributed by atoms with Gasteiger partial charge in [-0.3, -0.25) is 4.79 Å². The number of hydrogen-bond donors (Lipinski definition) is 0. The Bertz CT molecular complexity index is 339. The van der Waals surface area contributed by atoms with Gasteiger partial charge in [0.25, 0.3) is 0 Å². The molecule has 0 bridgehead atoms. The Balaban J connectivity index is 2.38. The molecular formula is C14H21NOS. The lowest BCUT2D eigenvalue weighted by Crippen LogP contribution is -2.32. The van der Waals surface area contributed by atoms with Crippen LogP contribution in [-0.4, -0.2) is 42.3 Å². The Kier molecular flexibility index (Phi) is 6.30. The summed E-state index contributed by atoms with van der Waals surface area (Å²) >= 11 is 1.84. The molecule has 0 aliphatic carbocycles. The van der Waals surface area contributed by atoms with E-state index >= 15 is 0 Å². The van der Waals surface area contributed by atoms with E-state index in [-0.39, 0.29) is 5.78 Å². The van der Waals surface area contributed by atoms with Crippen LogP contribution in [0.15, 0.2) is 30.3 Å². The molecule has 1 aromatic carbocycles. The third-order valence-corrected chi connectivity index (χ3v) is 3.76. The molecule has 1 rings (SSSR count). The fourth-order valence-corrected chi connectivity index (χ4v) is 2.37. The van der Waals surface area contributed by atoms with Gasteiger partial charge in [-0.05, 0) is 20.2 Å². The summed E-state index contributed by atoms with van der Waals surface area (Å²) in [6.45, 7) is 3.03. The maximum Gasteiger partial charge on any atom is 0.164 e. The van der Waals surface area contributed by atoms with E-state index in [1.54, 1.807) is 0 Å². The normalized spacial score (nSPS) is 12.7. The van der Waals surface area contributed by atoms with Gasteiger partial charge >= 0.3 is 0 Å². The van der Waals surface area contributed by atoms with Crippen molar-refractivity contribution in [3.8, 4) is 0 Å². The summed E-state index contributed by atoms with van der Waals surface area (Å²) in [4.78, 5) is 14.1. The molecule has 0 amide bonds. The van der Waals surface area contributed by atoms with Gasteiger partial charge in [0.1, 0.15) is 0 Å². The number of hydrogen-bond acceptors (Lipinski definition) is 3. The minimum Gasteiger partial charge on any atom is -0.302 e. The van der Waals surface area contributed by atoms with E-state index < -0.39 is 0 Å². The number of thioether (sulfide) groups is 1. The summed E-state index contributed by atoms with van der Waals surface area (Å²) in [5, 5.41) is 0. The highest BCUT2D eigenvalue weighted by Gasteiger charge is 2.11. The summed E-state index contributed by atoms with van der Waals surface area (Å²) in [5.74, 6) is 1.34. The van der Waals surface area contributed by atoms with Gasteiger partial charge in [0.05, 0.1) is 0 Å². The SMILES string of the molecule is CSCC(C)N(C)CCC(=O)c1ccccc1. The molecule has 0 radical (unpaired) electrons. The van der Waals surface area contributed by atoms with Gasteiger partial charge in [0.15, 0.2) is 5.78 Å². The van der Waals surface area contributed by atoms with Crippen molar-refractivity contribution in [1.29, 1.82) is 0 Å². The summed E-state index contributed by atoms with van der Waals surface area (Å²) in [7, 11) is 2.08. The van der Waals surface area contributed by atoms with Gasteiger partial charge < -0.3 is 4.90 Å². The van der Waals surface area contributed by atoms with Gasteiger partial charge in [0, 0.05) is 30.3 Å². The lowest BCUT2D eigenvalue weighted by molar-refractivity contribution is 0.0964. The molecule has 1 unspecified atom stereocenters. The van der Waals surface area contributed by atoms with Crippen LogP contribution in [0.2, 0.25) is 0 Å². The summed E-state index contributed by atoms with van der Waals surface area (Å²) in [5.41, 5.74) is 0.818. The Morgan fingerprint density at radius 2 is 2.00 bits per heavy atom. The smallest absolute Gasteiger partial charge is 0.164 e. The first kappa shape index (κ1) is 14.3. The highest BCUT2D eigenvalue weighted by Crippen LogP contribution is 2.07. The molecule has 0 aliphatic heterocycles. The van der Waals surface area contributed by atoms with Crippen molar-refractivity contribution in [3.05, 3.63) is 35.9 Å². The maximum absolute atomic E-state index is 11.9. The van der Waals surface area contributed by atoms with Crippen LogP contribution in [0, 0.1) is 0 Å². The number of nitrogens with zero attached hydrogens (tertiary/aromatic N) is 1. The number of ketones is 1. The summed E-state index contributed by atoms with van der Waals surface area (Å²) in [6.07, 6.45) is 2.71. The van der Waals surface area contributed by atoms with Crippen molar-refractivity contribution in [3.63, 3.8) is 0 Å². The zero-order valence-electron chi connectivity index (χ0n) is 10.8. The zero-order valence-corrected chi connectivity index (χ0v) is 11.7. The van der Waals surface area contributed by atoms with Crippen LogP contribution >= 0.6 is 11.8 Å². The Morgan fingerprint density at radius 1 is 1.35 bits per heavy atom. The molecule has 2 nitrogen and oxygen atoms in total. The molecule has 0 spiro atoms. The predicted molar refractivity (Wildman–Crippen MR) is 75.9 cm³/mol. The molecule has 0 fully saturated rings. The molecule has 1 aromatic rings. The molecule has 1 atom stereocenters. The number of carbonyl (C=O) groups is 1. The first-order chi connectivity index (χ1) is 8.15. The minimum absolute atomic E-state index is 0.230. The molecule has 17 heavy (non-hydrogen) atoms. The van der Waals surface area contributed by atoms with Crippen molar-refractivity contribution in [2.24, 2.45) is 0 Å². The van der Waals surface area contributed by atoms with Crippen LogP contribution in [-0.2, 0) is 0 Å². The van der Waals surface area contributed by atoms with Crippen LogP contribution in [0.4, 0.5) is 0 Å². The van der Waals surface area contributed by atoms with Crippen molar-refractivity contribution in [2.75, 3.05) is 25.6 Å². The topological polar surface area (TPSA) is 20.3 Å². The van der Waals surface area contributed by atoms with Crippen molar-refractivity contribution in [2.45, 2.75) is 19.4 Å². The fraction of sp³-hybridized carbons (Fsp3) is 0.500. The third kappa shape index (κ3) is 4.92. The third-order valence-electron chi connectivity index (χ3n) is 2.95. The largest absolute Gasteiger partial charge is 0.302 e. The van der Waals surface area contributed by atoms with Gasteiger partial charge in [0.2, 0.25) is 0 Å². The van der Waals surface area contributed by atoms with Crippen LogP contribution in [0.25, 0.3) is 0 Å². The van der Waals surface area contributed by atoms with Gasteiger partial charge in [-0.25, -0.2) is 0 Å². The summed E-state index contributed by atoms with van der Waals surface area (Å²) in [6, 6.07) is 10.0. The predicted octanol–water partition coefficient (Wildman–Crippen LogP) is 2.94. The summed E-state index contributed by atoms with van der Waals surface area (Å²) < 4.78 is 0. The number of benzene rings is 1. The number of carbonyl (C=O) groups excluding carboxylic acids is 1. The maximum atomic E-state index is 11.9. The first-order valence-corrected chi connectivity index (χ1v) is 7.32. The lowest BCUT2D eigenvalue weighted by atomic mass is 10.1. The molecule has 0 aliphatic rings. The van der Waals surface area contributed by atoms with E-state index in [1.807, 2.05) is 42.1 Å². The Morgan fingerprint density at radius 3 is 2.59 bits per heavy atom. The van der Waals surface area contributed by atoms with Crippen LogP contribution < -0.4 is 0 Å². The molecular weight excluding hydrogens is 230 g/mol. The number of rotatable bonds is 7. The van der Waals surface area contributed by atoms with Gasteiger partial charge in [-0.1, -0.05) is 30.3 Å². The van der Waals surface area contributed by atoms with E-state index in [0.29, 0.717) is 12.5 Å². The molecule has 0 aromatic heterocycles. The van der Waals surface area contributed by atoms with Crippen LogP contribution in [0.1, 0.15) is 23.7 Å².